The van der Waals surface area contributed by atoms with E-state index >= 15 is 0 Å². The number of fused-ring (bicyclic) bond motifs is 1. The average Bonchev–Trinajstić information content (AvgIpc) is 2.04. The second-order valence-electron chi connectivity index (χ2n) is 3.53. The van der Waals surface area contributed by atoms with Gasteiger partial charge in [-0.1, -0.05) is 12.8 Å². The minimum Gasteiger partial charge on any atom is -0.412 e. The van der Waals surface area contributed by atoms with E-state index in [-0.39, 0.29) is 17.9 Å². The molecule has 0 unspecified atom stereocenters. The molecule has 2 atom stereocenters. The van der Waals surface area contributed by atoms with Crippen molar-refractivity contribution in [2.75, 3.05) is 0 Å². The fourth-order valence-corrected chi connectivity index (χ4v) is 2.02. The van der Waals surface area contributed by atoms with E-state index in [1.165, 1.54) is 6.42 Å². The van der Waals surface area contributed by atoms with Crippen molar-refractivity contribution in [3.8, 4) is 0 Å². The second-order valence-corrected chi connectivity index (χ2v) is 3.53. The van der Waals surface area contributed by atoms with Crippen LogP contribution in [-0.2, 0) is 9.53 Å². The first-order valence-corrected chi connectivity index (χ1v) is 4.53. The zero-order valence-electron chi connectivity index (χ0n) is 7.25. The summed E-state index contributed by atoms with van der Waals surface area (Å²) in [7, 11) is 0. The lowest BCUT2D eigenvalue weighted by Gasteiger charge is -2.30. The molecule has 0 aromatic rings. The van der Waals surface area contributed by atoms with Gasteiger partial charge in [-0.15, -0.1) is 0 Å². The molecule has 66 valence electrons. The molecule has 0 aromatic carbocycles. The number of cyclic esters (lactones) is 1. The highest BCUT2D eigenvalue weighted by Gasteiger charge is 2.35. The zero-order valence-corrected chi connectivity index (χ0v) is 7.25. The standard InChI is InChI=1S/C9H13NO2/c1-6-10-8-5-3-2-4-7(8)9(11)12-6/h7-8H,2-5H2,1H3/t7-,8+/m1/s1. The molecule has 3 nitrogen and oxygen atoms in total. The van der Waals surface area contributed by atoms with E-state index in [2.05, 4.69) is 4.99 Å². The smallest absolute Gasteiger partial charge is 0.317 e. The highest BCUT2D eigenvalue weighted by atomic mass is 16.5. The Kier molecular flexibility index (Phi) is 1.87. The Morgan fingerprint density at radius 2 is 2.17 bits per heavy atom. The molecule has 0 radical (unpaired) electrons. The third kappa shape index (κ3) is 1.24. The molecule has 0 spiro atoms. The highest BCUT2D eigenvalue weighted by Crippen LogP contribution is 2.30. The van der Waals surface area contributed by atoms with Crippen LogP contribution in [0.4, 0.5) is 0 Å². The number of carbonyl (C=O) groups is 1. The number of nitrogens with zero attached hydrogens (tertiary/aromatic N) is 1. The van der Waals surface area contributed by atoms with Gasteiger partial charge in [-0.2, -0.15) is 0 Å². The van der Waals surface area contributed by atoms with Gasteiger partial charge in [0.1, 0.15) is 0 Å². The van der Waals surface area contributed by atoms with Gasteiger partial charge in [-0.25, -0.2) is 0 Å². The SMILES string of the molecule is CC1=N[C@H]2CCCC[C@H]2C(=O)O1. The second kappa shape index (κ2) is 2.88. The lowest BCUT2D eigenvalue weighted by molar-refractivity contribution is -0.143. The van der Waals surface area contributed by atoms with Gasteiger partial charge in [0.05, 0.1) is 12.0 Å². The third-order valence-corrected chi connectivity index (χ3v) is 2.63. The monoisotopic (exact) mass is 167 g/mol. The molecule has 3 heteroatoms. The number of rotatable bonds is 0. The van der Waals surface area contributed by atoms with Crippen LogP contribution in [-0.4, -0.2) is 17.9 Å². The van der Waals surface area contributed by atoms with Gasteiger partial charge in [-0.05, 0) is 12.8 Å². The van der Waals surface area contributed by atoms with Gasteiger partial charge in [0, 0.05) is 6.92 Å². The predicted octanol–water partition coefficient (Wildman–Crippen LogP) is 1.52. The first kappa shape index (κ1) is 7.77. The molecular formula is C9H13NO2. The molecule has 2 aliphatic rings. The summed E-state index contributed by atoms with van der Waals surface area (Å²) < 4.78 is 4.97. The summed E-state index contributed by atoms with van der Waals surface area (Å²) in [4.78, 5) is 15.7. The first-order valence-electron chi connectivity index (χ1n) is 4.53. The van der Waals surface area contributed by atoms with Crippen LogP contribution in [0.15, 0.2) is 4.99 Å². The third-order valence-electron chi connectivity index (χ3n) is 2.63. The van der Waals surface area contributed by atoms with Gasteiger partial charge in [0.2, 0.25) is 0 Å². The molecule has 12 heavy (non-hydrogen) atoms. The summed E-state index contributed by atoms with van der Waals surface area (Å²) in [6.07, 6.45) is 4.35. The van der Waals surface area contributed by atoms with Crippen molar-refractivity contribution >= 4 is 11.9 Å². The number of carbonyl (C=O) groups excluding carboxylic acids is 1. The Hall–Kier alpha value is -0.860. The summed E-state index contributed by atoms with van der Waals surface area (Å²) in [6, 6.07) is 0.222. The van der Waals surface area contributed by atoms with Crippen molar-refractivity contribution in [3.63, 3.8) is 0 Å². The van der Waals surface area contributed by atoms with Gasteiger partial charge in [0.25, 0.3) is 0 Å². The van der Waals surface area contributed by atoms with Crippen LogP contribution < -0.4 is 0 Å². The van der Waals surface area contributed by atoms with Crippen LogP contribution in [0, 0.1) is 5.92 Å². The minimum absolute atomic E-state index is 0.0578. The summed E-state index contributed by atoms with van der Waals surface area (Å²) in [6.45, 7) is 1.75. The topological polar surface area (TPSA) is 38.7 Å². The molecule has 0 bridgehead atoms. The molecule has 0 aromatic heterocycles. The van der Waals surface area contributed by atoms with E-state index in [9.17, 15) is 4.79 Å². The molecule has 0 amide bonds. The van der Waals surface area contributed by atoms with Crippen LogP contribution in [0.25, 0.3) is 0 Å². The lowest BCUT2D eigenvalue weighted by atomic mass is 9.84. The van der Waals surface area contributed by atoms with Crippen LogP contribution in [0.1, 0.15) is 32.6 Å². The molecule has 1 heterocycles. The van der Waals surface area contributed by atoms with Crippen molar-refractivity contribution in [1.82, 2.24) is 0 Å². The van der Waals surface area contributed by atoms with Crippen molar-refractivity contribution < 1.29 is 9.53 Å². The fraction of sp³-hybridized carbons (Fsp3) is 0.778. The van der Waals surface area contributed by atoms with E-state index in [0.29, 0.717) is 5.90 Å². The molecule has 1 aliphatic heterocycles. The Morgan fingerprint density at radius 3 is 3.00 bits per heavy atom. The van der Waals surface area contributed by atoms with Crippen LogP contribution in [0.2, 0.25) is 0 Å². The normalized spacial score (nSPS) is 35.1. The summed E-state index contributed by atoms with van der Waals surface area (Å²) in [5.41, 5.74) is 0. The number of ether oxygens (including phenoxy) is 1. The maximum atomic E-state index is 11.3. The molecule has 0 saturated heterocycles. The Morgan fingerprint density at radius 1 is 1.42 bits per heavy atom. The number of hydrogen-bond acceptors (Lipinski definition) is 3. The molecule has 2 rings (SSSR count). The Bertz CT molecular complexity index is 235. The van der Waals surface area contributed by atoms with Crippen molar-refractivity contribution in [3.05, 3.63) is 0 Å². The predicted molar refractivity (Wildman–Crippen MR) is 44.9 cm³/mol. The number of esters is 1. The zero-order chi connectivity index (χ0) is 8.55. The van der Waals surface area contributed by atoms with E-state index in [0.717, 1.165) is 19.3 Å². The maximum absolute atomic E-state index is 11.3. The maximum Gasteiger partial charge on any atom is 0.317 e. The average molecular weight is 167 g/mol. The highest BCUT2D eigenvalue weighted by molar-refractivity contribution is 5.91. The lowest BCUT2D eigenvalue weighted by Crippen LogP contribution is -2.37. The van der Waals surface area contributed by atoms with Crippen LogP contribution in [0.3, 0.4) is 0 Å². The quantitative estimate of drug-likeness (QED) is 0.513. The van der Waals surface area contributed by atoms with Crippen molar-refractivity contribution in [2.24, 2.45) is 10.9 Å². The van der Waals surface area contributed by atoms with E-state index in [4.69, 9.17) is 4.74 Å². The first-order chi connectivity index (χ1) is 5.77. The Labute approximate surface area is 71.8 Å². The largest absolute Gasteiger partial charge is 0.412 e. The van der Waals surface area contributed by atoms with E-state index < -0.39 is 0 Å². The minimum atomic E-state index is -0.0628. The van der Waals surface area contributed by atoms with Gasteiger partial charge in [0.15, 0.2) is 5.90 Å². The van der Waals surface area contributed by atoms with Gasteiger partial charge < -0.3 is 4.74 Å². The molecule has 1 fully saturated rings. The van der Waals surface area contributed by atoms with Crippen molar-refractivity contribution in [1.29, 1.82) is 0 Å². The van der Waals surface area contributed by atoms with Gasteiger partial charge in [-0.3, -0.25) is 9.79 Å². The fourth-order valence-electron chi connectivity index (χ4n) is 2.02. The Balaban J connectivity index is 2.19. The van der Waals surface area contributed by atoms with E-state index in [1.807, 2.05) is 0 Å². The van der Waals surface area contributed by atoms with E-state index in [1.54, 1.807) is 6.92 Å². The molecular weight excluding hydrogens is 154 g/mol. The summed E-state index contributed by atoms with van der Waals surface area (Å²) >= 11 is 0. The number of aliphatic imine (C=N–C) groups is 1. The molecule has 1 saturated carbocycles. The molecule has 0 N–H and O–H groups in total. The summed E-state index contributed by atoms with van der Waals surface area (Å²) in [5, 5.41) is 0. The van der Waals surface area contributed by atoms with Crippen LogP contribution in [0.5, 0.6) is 0 Å². The molecule has 1 aliphatic carbocycles. The van der Waals surface area contributed by atoms with Gasteiger partial charge >= 0.3 is 5.97 Å². The number of hydrogen-bond donors (Lipinski definition) is 0. The van der Waals surface area contributed by atoms with Crippen LogP contribution >= 0.6 is 0 Å². The van der Waals surface area contributed by atoms with Crippen molar-refractivity contribution in [2.45, 2.75) is 38.6 Å². The summed E-state index contributed by atoms with van der Waals surface area (Å²) in [5.74, 6) is 0.540.